The minimum atomic E-state index is -0.148. The number of aryl methyl sites for hydroxylation is 11. The van der Waals surface area contributed by atoms with Crippen LogP contribution in [-0.4, -0.2) is 23.4 Å². The second-order valence-corrected chi connectivity index (χ2v) is 39.0. The first-order valence-electron chi connectivity index (χ1n) is 45.8. The summed E-state index contributed by atoms with van der Waals surface area (Å²) in [5.41, 5.74) is 35.4. The van der Waals surface area contributed by atoms with E-state index in [2.05, 4.69) is 348 Å². The molecule has 4 aromatic heterocycles. The van der Waals surface area contributed by atoms with Gasteiger partial charge < -0.3 is 18.9 Å². The lowest BCUT2D eigenvalue weighted by atomic mass is 9.62. The van der Waals surface area contributed by atoms with Crippen LogP contribution in [0.4, 0.5) is 0 Å². The van der Waals surface area contributed by atoms with Gasteiger partial charge in [0.1, 0.15) is 68.0 Å². The zero-order valence-electron chi connectivity index (χ0n) is 75.3. The molecular formula is C113H130N4O4+4. The molecule has 8 heterocycles. The van der Waals surface area contributed by atoms with Gasteiger partial charge in [-0.1, -0.05) is 229 Å². The first kappa shape index (κ1) is 82.9. The summed E-state index contributed by atoms with van der Waals surface area (Å²) in [5.74, 6) is 4.53. The molecule has 0 unspecified atom stereocenters. The fraction of sp³-hybridized carbons (Fsp3) is 0.398. The van der Waals surface area contributed by atoms with E-state index < -0.39 is 0 Å². The number of rotatable bonds is 8. The van der Waals surface area contributed by atoms with Crippen molar-refractivity contribution in [2.45, 2.75) is 257 Å². The molecule has 20 rings (SSSR count). The summed E-state index contributed by atoms with van der Waals surface area (Å²) in [6, 6.07) is 72.6. The second-order valence-electron chi connectivity index (χ2n) is 39.0. The Labute approximate surface area is 723 Å². The molecular weight excluding hydrogens is 1480 g/mol. The Hall–Kier alpha value is -10.4. The second kappa shape index (κ2) is 33.8. The summed E-state index contributed by atoms with van der Waals surface area (Å²) in [5, 5.41) is 0. The number of ether oxygens (including phenoxy) is 4. The minimum absolute atomic E-state index is 0.00507. The number of hydrogen-bond acceptors (Lipinski definition) is 4. The van der Waals surface area contributed by atoms with Crippen LogP contribution in [0.15, 0.2) is 225 Å². The third-order valence-electron chi connectivity index (χ3n) is 29.1. The van der Waals surface area contributed by atoms with Gasteiger partial charge in [-0.15, -0.1) is 0 Å². The van der Waals surface area contributed by atoms with E-state index in [9.17, 15) is 0 Å². The van der Waals surface area contributed by atoms with Crippen LogP contribution in [-0.2, 0) is 50.9 Å². The molecule has 4 aliphatic carbocycles. The van der Waals surface area contributed by atoms with E-state index in [1.807, 2.05) is 0 Å². The summed E-state index contributed by atoms with van der Waals surface area (Å²) in [7, 11) is 8.64. The lowest BCUT2D eigenvalue weighted by Crippen LogP contribution is -2.48. The molecule has 8 nitrogen and oxygen atoms in total. The molecule has 0 amide bonds. The van der Waals surface area contributed by atoms with Gasteiger partial charge in [-0.2, -0.15) is 0 Å². The molecule has 4 spiro atoms. The van der Waals surface area contributed by atoms with Crippen molar-refractivity contribution in [2.75, 3.05) is 6.61 Å². The monoisotopic (exact) mass is 1610 g/mol. The van der Waals surface area contributed by atoms with Crippen molar-refractivity contribution in [1.29, 1.82) is 0 Å². The van der Waals surface area contributed by atoms with Crippen LogP contribution in [0.2, 0.25) is 0 Å². The number of hydrogen-bond donors (Lipinski definition) is 0. The molecule has 8 aliphatic rings. The van der Waals surface area contributed by atoms with Crippen molar-refractivity contribution >= 4 is 0 Å². The smallest absolute Gasteiger partial charge is 0.216 e. The van der Waals surface area contributed by atoms with E-state index in [-0.39, 0.29) is 27.6 Å². The number of fused-ring (bicyclic) bond motifs is 6. The van der Waals surface area contributed by atoms with Crippen molar-refractivity contribution in [3.8, 4) is 113 Å². The third-order valence-corrected chi connectivity index (χ3v) is 29.1. The number of pyridine rings is 4. The lowest BCUT2D eigenvalue weighted by Gasteiger charge is -2.50. The van der Waals surface area contributed by atoms with Gasteiger partial charge in [0.2, 0.25) is 22.8 Å². The normalized spacial score (nSPS) is 18.1. The topological polar surface area (TPSA) is 52.4 Å². The highest BCUT2D eigenvalue weighted by molar-refractivity contribution is 5.80. The van der Waals surface area contributed by atoms with E-state index in [1.54, 1.807) is 0 Å². The van der Waals surface area contributed by atoms with Crippen molar-refractivity contribution in [3.63, 3.8) is 0 Å². The fourth-order valence-electron chi connectivity index (χ4n) is 23.2. The van der Waals surface area contributed by atoms with E-state index >= 15 is 0 Å². The van der Waals surface area contributed by atoms with Gasteiger partial charge in [-0.25, -0.2) is 18.3 Å². The van der Waals surface area contributed by atoms with Crippen molar-refractivity contribution in [1.82, 2.24) is 0 Å². The van der Waals surface area contributed by atoms with Gasteiger partial charge in [0.05, 0.1) is 28.9 Å². The summed E-state index contributed by atoms with van der Waals surface area (Å²) < 4.78 is 36.1. The summed E-state index contributed by atoms with van der Waals surface area (Å²) >= 11 is 0. The van der Waals surface area contributed by atoms with Gasteiger partial charge in [-0.05, 0) is 236 Å². The molecule has 8 aromatic carbocycles. The van der Waals surface area contributed by atoms with Crippen molar-refractivity contribution in [2.24, 2.45) is 28.2 Å². The predicted molar refractivity (Wildman–Crippen MR) is 496 cm³/mol. The molecule has 4 fully saturated rings. The molecule has 0 radical (unpaired) electrons. The van der Waals surface area contributed by atoms with Crippen LogP contribution in [0.25, 0.3) is 89.5 Å². The first-order valence-corrected chi connectivity index (χ1v) is 45.8. The Balaban J connectivity index is 0.000000116. The maximum atomic E-state index is 7.21. The third kappa shape index (κ3) is 16.3. The molecule has 0 bridgehead atoms. The van der Waals surface area contributed by atoms with E-state index in [0.717, 1.165) is 43.1 Å². The Morgan fingerprint density at radius 1 is 0.289 bits per heavy atom. The lowest BCUT2D eigenvalue weighted by molar-refractivity contribution is -0.660. The Kier molecular flexibility index (Phi) is 23.1. The predicted octanol–water partition coefficient (Wildman–Crippen LogP) is 26.3. The van der Waals surface area contributed by atoms with Crippen LogP contribution in [0, 0.1) is 48.5 Å². The Bertz CT molecular complexity index is 5820. The molecule has 4 aliphatic heterocycles. The summed E-state index contributed by atoms with van der Waals surface area (Å²) in [4.78, 5) is 0. The maximum absolute atomic E-state index is 7.21. The molecule has 0 atom stereocenters. The Morgan fingerprint density at radius 2 is 0.636 bits per heavy atom. The highest BCUT2D eigenvalue weighted by Crippen LogP contribution is 2.61. The SMILES string of the molecule is Cc1cc(-c2c(C)ccc3c2OC(C)(C)CC32CCCCC2)[n+](C)cc1-c1ccccc1.Cc1cc(-c2c(C)ccc3c2OC2(CCCCC2)CC3(C)C)[n+](C)cc1-c1ccccc1.Cc1cc(-c2c(C)ccc3c2OC2(CCCCC2)CC32CCCC2)[n+](C)cc1-c1ccccc1.Cc1ccc2c(c1-c1cc(-c3ccccc3)cc[n+]1C)OCC2. The van der Waals surface area contributed by atoms with Gasteiger partial charge in [0, 0.05) is 81.0 Å². The average molecular weight is 1610 g/mol. The zero-order chi connectivity index (χ0) is 84.2. The van der Waals surface area contributed by atoms with E-state index in [0.29, 0.717) is 5.41 Å². The Morgan fingerprint density at radius 3 is 1.07 bits per heavy atom. The first-order chi connectivity index (χ1) is 58.3. The molecule has 0 saturated heterocycles. The number of aromatic nitrogens is 4. The van der Waals surface area contributed by atoms with Gasteiger partial charge in [0.15, 0.2) is 24.8 Å². The van der Waals surface area contributed by atoms with E-state index in [1.165, 1.54) is 285 Å². The molecule has 8 heteroatoms. The zero-order valence-corrected chi connectivity index (χ0v) is 75.3. The quantitative estimate of drug-likeness (QED) is 0.142. The number of benzene rings is 8. The van der Waals surface area contributed by atoms with E-state index in [4.69, 9.17) is 18.9 Å². The van der Waals surface area contributed by atoms with Gasteiger partial charge in [-0.3, -0.25) is 0 Å². The molecule has 4 saturated carbocycles. The average Bonchev–Trinajstić information content (AvgIpc) is 1.56. The summed E-state index contributed by atoms with van der Waals surface area (Å²) in [6.07, 6.45) is 38.1. The van der Waals surface area contributed by atoms with Crippen molar-refractivity contribution in [3.05, 3.63) is 286 Å². The van der Waals surface area contributed by atoms with Gasteiger partial charge >= 0.3 is 0 Å². The molecule has 622 valence electrons. The van der Waals surface area contributed by atoms with Crippen molar-refractivity contribution < 1.29 is 37.2 Å². The van der Waals surface area contributed by atoms with Crippen LogP contribution in [0.5, 0.6) is 23.0 Å². The highest BCUT2D eigenvalue weighted by atomic mass is 16.5. The van der Waals surface area contributed by atoms with Crippen LogP contribution < -0.4 is 37.2 Å². The fourth-order valence-corrected chi connectivity index (χ4v) is 23.2. The standard InChI is InChI=1S/C32H38NO.2C30H36NO.C21H20NO/c1-23-14-15-27-30(34-32(18-8-5-9-19-32)22-31(27)16-10-11-17-31)29(23)28-20-24(2)26(21-33(28)3)25-12-6-4-7-13-25;1-21-14-15-25-28(32-29(3,4)20-30(25)16-10-7-11-17-30)27(21)26-18-22(2)24(19-31(26)5)23-12-8-6-9-13-23;1-21-14-15-25-28(32-30(20-29(25,3)4)16-10-7-11-17-30)27(21)26-18-22(2)24(19-31(26)5)23-12-8-6-9-13-23;1-15-8-9-17-11-13-23-21(17)20(15)19-14-18(10-12-22(19)2)16-6-4-3-5-7-16/h4,6-7,12-15,20-21H,5,8-11,16-19,22H2,1-3H3;2*6,8-9,12-15,18-19H,7,10-11,16-17,20H2,1-5H3;3-10,12,14H,11,13H2,1-2H3/q4*+1. The van der Waals surface area contributed by atoms with Gasteiger partial charge in [0.25, 0.3) is 0 Å². The highest BCUT2D eigenvalue weighted by Gasteiger charge is 2.53. The van der Waals surface area contributed by atoms with Crippen LogP contribution in [0.3, 0.4) is 0 Å². The van der Waals surface area contributed by atoms with Crippen LogP contribution >= 0.6 is 0 Å². The summed E-state index contributed by atoms with van der Waals surface area (Å²) in [6.45, 7) is 25.8. The molecule has 12 aromatic rings. The molecule has 0 N–H and O–H groups in total. The molecule has 121 heavy (non-hydrogen) atoms. The minimum Gasteiger partial charge on any atom is -0.492 e. The largest absolute Gasteiger partial charge is 0.492 e. The number of nitrogens with zero attached hydrogens (tertiary/aromatic N) is 4. The maximum Gasteiger partial charge on any atom is 0.216 e. The van der Waals surface area contributed by atoms with Crippen LogP contribution in [0.1, 0.15) is 230 Å².